The van der Waals surface area contributed by atoms with Gasteiger partial charge in [0.05, 0.1) is 17.1 Å². The van der Waals surface area contributed by atoms with Crippen LogP contribution in [0.15, 0.2) is 54.6 Å². The smallest absolute Gasteiger partial charge is 0.345 e. The molecule has 0 unspecified atom stereocenters. The van der Waals surface area contributed by atoms with E-state index in [1.807, 2.05) is 47.8 Å². The molecule has 4 aromatic rings. The second-order valence-corrected chi connectivity index (χ2v) is 6.03. The van der Waals surface area contributed by atoms with E-state index in [1.54, 1.807) is 0 Å². The van der Waals surface area contributed by atoms with Crippen molar-refractivity contribution < 1.29 is 4.52 Å². The van der Waals surface area contributed by atoms with E-state index in [0.29, 0.717) is 6.54 Å². The van der Waals surface area contributed by atoms with Gasteiger partial charge in [0.1, 0.15) is 0 Å². The Bertz CT molecular complexity index is 1010. The van der Waals surface area contributed by atoms with Crippen molar-refractivity contribution in [2.75, 3.05) is 5.32 Å². The van der Waals surface area contributed by atoms with Crippen LogP contribution in [-0.2, 0) is 6.54 Å². The quantitative estimate of drug-likeness (QED) is 0.562. The first kappa shape index (κ1) is 14.0. The van der Waals surface area contributed by atoms with Gasteiger partial charge < -0.3 is 5.32 Å². The zero-order chi connectivity index (χ0) is 15.8. The van der Waals surface area contributed by atoms with Gasteiger partial charge in [0.15, 0.2) is 5.52 Å². The monoisotopic (exact) mass is 323 g/mol. The topological polar surface area (TPSA) is 44.8 Å². The number of hydrogen-bond acceptors (Lipinski definition) is 2. The summed E-state index contributed by atoms with van der Waals surface area (Å²) in [5, 5.41) is 8.58. The van der Waals surface area contributed by atoms with E-state index in [9.17, 15) is 0 Å². The lowest BCUT2D eigenvalue weighted by atomic mass is 10.2. The minimum absolute atomic E-state index is 0.678. The maximum absolute atomic E-state index is 6.05. The summed E-state index contributed by atoms with van der Waals surface area (Å²) >= 11 is 6.05. The fraction of sp³-hybridized carbons (Fsp3) is 0.111. The van der Waals surface area contributed by atoms with E-state index >= 15 is 0 Å². The van der Waals surface area contributed by atoms with Crippen LogP contribution in [0.3, 0.4) is 0 Å². The summed E-state index contributed by atoms with van der Waals surface area (Å²) < 4.78 is 2.01. The van der Waals surface area contributed by atoms with E-state index in [0.717, 1.165) is 38.6 Å². The van der Waals surface area contributed by atoms with E-state index in [-0.39, 0.29) is 0 Å². The molecule has 0 aliphatic carbocycles. The number of rotatable bonds is 3. The second-order valence-electron chi connectivity index (χ2n) is 5.59. The molecule has 0 aliphatic heterocycles. The van der Waals surface area contributed by atoms with Crippen LogP contribution in [-0.4, -0.2) is 10.1 Å². The average Bonchev–Trinajstić information content (AvgIpc) is 2.93. The number of benzene rings is 2. The van der Waals surface area contributed by atoms with Crippen LogP contribution in [0.5, 0.6) is 0 Å². The zero-order valence-electron chi connectivity index (χ0n) is 12.7. The molecular formula is C18H16ClN4+. The molecule has 0 fully saturated rings. The standard InChI is InChI=1S/C18H15ClN4/c1-12-9-17-21-18(20-11-13-5-4-6-14(19)10-13)15-7-2-3-8-16(15)23(17)22-12/h2-10H,11H2,1H3,(H,20,21,22)/p+1. The second kappa shape index (κ2) is 5.56. The first-order valence-corrected chi connectivity index (χ1v) is 7.87. The van der Waals surface area contributed by atoms with Crippen LogP contribution < -0.4 is 9.83 Å². The lowest BCUT2D eigenvalue weighted by Crippen LogP contribution is -2.26. The van der Waals surface area contributed by atoms with Gasteiger partial charge in [-0.25, -0.2) is 5.10 Å². The van der Waals surface area contributed by atoms with Crippen LogP contribution >= 0.6 is 11.6 Å². The number of aromatic nitrogens is 3. The van der Waals surface area contributed by atoms with Gasteiger partial charge in [0.25, 0.3) is 5.82 Å². The number of anilines is 1. The van der Waals surface area contributed by atoms with Gasteiger partial charge in [-0.1, -0.05) is 35.9 Å². The van der Waals surface area contributed by atoms with Crippen LogP contribution in [0.2, 0.25) is 5.02 Å². The number of aryl methyl sites for hydroxylation is 1. The number of nitrogens with zero attached hydrogens (tertiary/aromatic N) is 2. The summed E-state index contributed by atoms with van der Waals surface area (Å²) in [6.45, 7) is 2.71. The van der Waals surface area contributed by atoms with Crippen molar-refractivity contribution in [3.8, 4) is 0 Å². The molecule has 0 atom stereocenters. The van der Waals surface area contributed by atoms with Gasteiger partial charge in [-0.2, -0.15) is 0 Å². The Hall–Kier alpha value is -2.59. The van der Waals surface area contributed by atoms with Crippen LogP contribution in [0.25, 0.3) is 16.6 Å². The minimum atomic E-state index is 0.678. The van der Waals surface area contributed by atoms with Crippen molar-refractivity contribution in [2.45, 2.75) is 13.5 Å². The maximum atomic E-state index is 6.05. The minimum Gasteiger partial charge on any atom is -0.345 e. The Balaban J connectivity index is 1.78. The van der Waals surface area contributed by atoms with Gasteiger partial charge in [-0.05, 0) is 41.7 Å². The number of halogens is 1. The highest BCUT2D eigenvalue weighted by molar-refractivity contribution is 6.30. The molecule has 114 valence electrons. The van der Waals surface area contributed by atoms with Crippen molar-refractivity contribution in [3.05, 3.63) is 70.9 Å². The lowest BCUT2D eigenvalue weighted by molar-refractivity contribution is -0.551. The maximum Gasteiger partial charge on any atom is 0.351 e. The normalized spacial score (nSPS) is 11.2. The lowest BCUT2D eigenvalue weighted by Gasteiger charge is -2.05. The number of aromatic amines is 1. The number of nitrogens with one attached hydrogen (secondary N) is 2. The first-order chi connectivity index (χ1) is 11.2. The zero-order valence-corrected chi connectivity index (χ0v) is 13.4. The molecule has 2 aromatic carbocycles. The van der Waals surface area contributed by atoms with Crippen LogP contribution in [0.1, 0.15) is 11.3 Å². The van der Waals surface area contributed by atoms with Gasteiger partial charge in [0, 0.05) is 11.6 Å². The molecule has 4 nitrogen and oxygen atoms in total. The Morgan fingerprint density at radius 1 is 1.13 bits per heavy atom. The molecule has 0 amide bonds. The predicted octanol–water partition coefficient (Wildman–Crippen LogP) is 3.88. The molecule has 2 heterocycles. The number of para-hydroxylation sites is 1. The Kier molecular flexibility index (Phi) is 3.39. The van der Waals surface area contributed by atoms with E-state index < -0.39 is 0 Å². The van der Waals surface area contributed by atoms with Gasteiger partial charge in [-0.15, -0.1) is 4.52 Å². The molecule has 0 bridgehead atoms. The van der Waals surface area contributed by atoms with E-state index in [1.165, 1.54) is 0 Å². The van der Waals surface area contributed by atoms with E-state index in [2.05, 4.69) is 28.6 Å². The molecule has 0 saturated carbocycles. The summed E-state index contributed by atoms with van der Waals surface area (Å²) in [7, 11) is 0. The Morgan fingerprint density at radius 2 is 2.00 bits per heavy atom. The summed E-state index contributed by atoms with van der Waals surface area (Å²) in [6.07, 6.45) is 0. The highest BCUT2D eigenvalue weighted by Gasteiger charge is 2.17. The average molecular weight is 324 g/mol. The fourth-order valence-electron chi connectivity index (χ4n) is 2.80. The van der Waals surface area contributed by atoms with Crippen LogP contribution in [0.4, 0.5) is 5.82 Å². The molecule has 4 rings (SSSR count). The third kappa shape index (κ3) is 2.62. The Labute approximate surface area is 138 Å². The molecule has 2 aromatic heterocycles. The number of fused-ring (bicyclic) bond motifs is 3. The van der Waals surface area contributed by atoms with Gasteiger partial charge in [-0.3, -0.25) is 0 Å². The van der Waals surface area contributed by atoms with Crippen molar-refractivity contribution in [1.82, 2.24) is 10.1 Å². The largest absolute Gasteiger partial charge is 0.351 e. The Morgan fingerprint density at radius 3 is 2.87 bits per heavy atom. The molecule has 2 N–H and O–H groups in total. The third-order valence-electron chi connectivity index (χ3n) is 3.84. The SMILES string of the molecule is Cc1cc2nc(NCc3cccc(Cl)c3)c3ccccc3[n+]2[nH]1. The summed E-state index contributed by atoms with van der Waals surface area (Å²) in [5.74, 6) is 0.875. The van der Waals surface area contributed by atoms with Crippen molar-refractivity contribution in [3.63, 3.8) is 0 Å². The van der Waals surface area contributed by atoms with E-state index in [4.69, 9.17) is 16.6 Å². The van der Waals surface area contributed by atoms with Gasteiger partial charge in [0.2, 0.25) is 0 Å². The first-order valence-electron chi connectivity index (χ1n) is 7.49. The number of H-pyrrole nitrogens is 1. The molecular weight excluding hydrogens is 308 g/mol. The van der Waals surface area contributed by atoms with Crippen molar-refractivity contribution in [1.29, 1.82) is 0 Å². The molecule has 5 heteroatoms. The summed E-state index contributed by atoms with van der Waals surface area (Å²) in [6, 6.07) is 18.1. The number of hydrogen-bond donors (Lipinski definition) is 2. The molecule has 0 spiro atoms. The highest BCUT2D eigenvalue weighted by atomic mass is 35.5. The van der Waals surface area contributed by atoms with Crippen LogP contribution in [0, 0.1) is 6.92 Å². The molecule has 0 radical (unpaired) electrons. The predicted molar refractivity (Wildman–Crippen MR) is 92.8 cm³/mol. The molecule has 0 saturated heterocycles. The summed E-state index contributed by atoms with van der Waals surface area (Å²) in [4.78, 5) is 4.75. The van der Waals surface area contributed by atoms with Crippen molar-refractivity contribution >= 4 is 34.0 Å². The fourth-order valence-corrected chi connectivity index (χ4v) is 3.01. The molecule has 23 heavy (non-hydrogen) atoms. The highest BCUT2D eigenvalue weighted by Crippen LogP contribution is 2.21. The third-order valence-corrected chi connectivity index (χ3v) is 4.07. The van der Waals surface area contributed by atoms with Gasteiger partial charge >= 0.3 is 5.65 Å². The summed E-state index contributed by atoms with van der Waals surface area (Å²) in [5.41, 5.74) is 4.20. The molecule has 0 aliphatic rings. The van der Waals surface area contributed by atoms with Crippen molar-refractivity contribution in [2.24, 2.45) is 0 Å².